The molecule has 3 amide bonds. The smallest absolute Gasteiger partial charge is 0.328 e. The molecule has 1 aromatic carbocycles. The van der Waals surface area contributed by atoms with Gasteiger partial charge in [0.15, 0.2) is 0 Å². The zero-order valence-electron chi connectivity index (χ0n) is 23.3. The number of benzene rings is 1. The molecule has 0 spiro atoms. The second-order valence-corrected chi connectivity index (χ2v) is 11.5. The predicted molar refractivity (Wildman–Crippen MR) is 153 cm³/mol. The summed E-state index contributed by atoms with van der Waals surface area (Å²) >= 11 is 0. The van der Waals surface area contributed by atoms with E-state index in [1.165, 1.54) is 24.5 Å². The Balaban J connectivity index is 0.000000503. The largest absolute Gasteiger partial charge is 0.480 e. The van der Waals surface area contributed by atoms with Gasteiger partial charge in [-0.05, 0) is 63.3 Å². The van der Waals surface area contributed by atoms with Crippen LogP contribution in [-0.4, -0.2) is 66.6 Å². The fourth-order valence-electron chi connectivity index (χ4n) is 4.03. The van der Waals surface area contributed by atoms with E-state index in [1.807, 2.05) is 0 Å². The van der Waals surface area contributed by atoms with Crippen molar-refractivity contribution in [3.05, 3.63) is 53.6 Å². The Morgan fingerprint density at radius 3 is 2.32 bits per heavy atom. The van der Waals surface area contributed by atoms with Gasteiger partial charge in [-0.3, -0.25) is 14.6 Å². The van der Waals surface area contributed by atoms with Crippen molar-refractivity contribution >= 4 is 27.9 Å². The van der Waals surface area contributed by atoms with Gasteiger partial charge >= 0.3 is 12.0 Å². The molecule has 2 aromatic rings. The fraction of sp³-hybridized carbons (Fsp3) is 0.519. The van der Waals surface area contributed by atoms with Gasteiger partial charge in [0.2, 0.25) is 0 Å². The maximum absolute atomic E-state index is 12.4. The zero-order valence-corrected chi connectivity index (χ0v) is 24.2. The Morgan fingerprint density at radius 2 is 1.73 bits per heavy atom. The lowest BCUT2D eigenvalue weighted by Crippen LogP contribution is -2.45. The Labute approximate surface area is 241 Å². The van der Waals surface area contributed by atoms with Crippen molar-refractivity contribution in [3.8, 4) is 0 Å². The minimum Gasteiger partial charge on any atom is -0.480 e. The molecule has 0 radical (unpaired) electrons. The van der Waals surface area contributed by atoms with Gasteiger partial charge in [-0.15, -0.1) is 0 Å². The minimum absolute atomic E-state index is 0.00834. The van der Waals surface area contributed by atoms with Crippen LogP contribution in [0.4, 0.5) is 4.79 Å². The van der Waals surface area contributed by atoms with E-state index in [0.717, 1.165) is 56.2 Å². The molecular weight excluding hydrogens is 550 g/mol. The van der Waals surface area contributed by atoms with Crippen LogP contribution in [0, 0.1) is 6.92 Å². The minimum atomic E-state index is -3.95. The van der Waals surface area contributed by atoms with Crippen molar-refractivity contribution in [2.24, 2.45) is 11.5 Å². The molecule has 3 rings (SSSR count). The third kappa shape index (κ3) is 12.6. The second kappa shape index (κ2) is 17.3. The van der Waals surface area contributed by atoms with Crippen molar-refractivity contribution in [1.29, 1.82) is 0 Å². The number of amides is 3. The van der Waals surface area contributed by atoms with Crippen LogP contribution in [0.15, 0.2) is 41.6 Å². The molecular formula is C27H41N7O6S. The number of carbonyl (C=O) groups is 3. The van der Waals surface area contributed by atoms with Crippen LogP contribution >= 0.6 is 0 Å². The molecule has 1 fully saturated rings. The van der Waals surface area contributed by atoms with E-state index >= 15 is 0 Å². The van der Waals surface area contributed by atoms with Crippen LogP contribution in [0.5, 0.6) is 0 Å². The van der Waals surface area contributed by atoms with Crippen molar-refractivity contribution in [3.63, 3.8) is 0 Å². The fourth-order valence-corrected chi connectivity index (χ4v) is 4.95. The first-order valence-corrected chi connectivity index (χ1v) is 15.2. The zero-order chi connectivity index (χ0) is 30.3. The highest BCUT2D eigenvalue weighted by molar-refractivity contribution is 7.90. The van der Waals surface area contributed by atoms with Gasteiger partial charge in [0.25, 0.3) is 15.9 Å². The number of nitrogens with one attached hydrogen (secondary N) is 3. The van der Waals surface area contributed by atoms with Crippen molar-refractivity contribution in [1.82, 2.24) is 25.3 Å². The van der Waals surface area contributed by atoms with Crippen LogP contribution < -0.4 is 26.8 Å². The topological polar surface area (TPSA) is 219 Å². The maximum atomic E-state index is 12.4. The van der Waals surface area contributed by atoms with Crippen LogP contribution in [0.25, 0.3) is 0 Å². The number of rotatable bonds is 12. The number of aliphatic carboxylic acids is 1. The molecule has 8 N–H and O–H groups in total. The average molecular weight is 592 g/mol. The Bertz CT molecular complexity index is 1220. The summed E-state index contributed by atoms with van der Waals surface area (Å²) in [5.74, 6) is -1.25. The molecule has 0 aliphatic heterocycles. The number of carboxylic acids is 1. The van der Waals surface area contributed by atoms with Gasteiger partial charge in [0.05, 0.1) is 16.8 Å². The van der Waals surface area contributed by atoms with E-state index < -0.39 is 28.1 Å². The average Bonchev–Trinajstić information content (AvgIpc) is 2.94. The summed E-state index contributed by atoms with van der Waals surface area (Å²) in [5, 5.41) is 13.8. The number of urea groups is 1. The van der Waals surface area contributed by atoms with Gasteiger partial charge in [-0.1, -0.05) is 37.8 Å². The monoisotopic (exact) mass is 591 g/mol. The number of aromatic nitrogens is 2. The molecule has 1 aromatic heterocycles. The standard InChI is InChI=1S/C21H27N5O4S.C6H14N2O2/c1-15-13-24-19(14-23-15)20(27)22-12-11-16-7-9-18(10-8-16)31(29,30)26-21(28)25-17-5-3-2-4-6-17;7-4-2-1-3-5(8)6(9)10/h7-10,13-14,17H,2-6,11-12H2,1H3,(H,22,27)(H2,25,26,28);5H,1-4,7-8H2,(H,9,10)/t;5-/m.0/s1. The Kier molecular flexibility index (Phi) is 14.1. The van der Waals surface area contributed by atoms with Gasteiger partial charge < -0.3 is 27.2 Å². The summed E-state index contributed by atoms with van der Waals surface area (Å²) in [6, 6.07) is 4.81. The number of aryl methyl sites for hydroxylation is 1. The third-order valence-corrected chi connectivity index (χ3v) is 7.75. The van der Waals surface area contributed by atoms with Crippen molar-refractivity contribution in [2.45, 2.75) is 81.7 Å². The molecule has 0 unspecified atom stereocenters. The summed E-state index contributed by atoms with van der Waals surface area (Å²) in [7, 11) is -3.95. The molecule has 226 valence electrons. The summed E-state index contributed by atoms with van der Waals surface area (Å²) < 4.78 is 26.9. The van der Waals surface area contributed by atoms with E-state index in [-0.39, 0.29) is 22.5 Å². The molecule has 1 atom stereocenters. The molecule has 0 bridgehead atoms. The van der Waals surface area contributed by atoms with E-state index in [9.17, 15) is 22.8 Å². The first-order valence-electron chi connectivity index (χ1n) is 13.7. The number of unbranched alkanes of at least 4 members (excludes halogenated alkanes) is 1. The number of hydrogen-bond acceptors (Lipinski definition) is 9. The highest BCUT2D eigenvalue weighted by Crippen LogP contribution is 2.17. The van der Waals surface area contributed by atoms with E-state index in [0.29, 0.717) is 25.9 Å². The number of sulfonamides is 1. The molecule has 13 nitrogen and oxygen atoms in total. The highest BCUT2D eigenvalue weighted by atomic mass is 32.2. The third-order valence-electron chi connectivity index (χ3n) is 6.40. The summed E-state index contributed by atoms with van der Waals surface area (Å²) in [6.07, 6.45) is 10.6. The molecule has 41 heavy (non-hydrogen) atoms. The SMILES string of the molecule is Cc1cnc(C(=O)NCCc2ccc(S(=O)(=O)NC(=O)NC3CCCCC3)cc2)cn1.NCCCC[C@H](N)C(=O)O. The second-order valence-electron chi connectivity index (χ2n) is 9.84. The van der Waals surface area contributed by atoms with Crippen molar-refractivity contribution in [2.75, 3.05) is 13.1 Å². The number of carboxylic acid groups (broad SMARTS) is 1. The molecule has 1 aliphatic rings. The Hall–Kier alpha value is -3.62. The van der Waals surface area contributed by atoms with E-state index in [2.05, 4.69) is 25.3 Å². The quantitative estimate of drug-likeness (QED) is 0.196. The normalized spacial score (nSPS) is 14.2. The van der Waals surface area contributed by atoms with E-state index in [1.54, 1.807) is 19.1 Å². The number of carbonyl (C=O) groups excluding carboxylic acids is 2. The van der Waals surface area contributed by atoms with Crippen LogP contribution in [0.2, 0.25) is 0 Å². The molecule has 1 heterocycles. The van der Waals surface area contributed by atoms with E-state index in [4.69, 9.17) is 16.6 Å². The van der Waals surface area contributed by atoms with Gasteiger partial charge in [-0.25, -0.2) is 22.9 Å². The molecule has 0 saturated heterocycles. The summed E-state index contributed by atoms with van der Waals surface area (Å²) in [6.45, 7) is 2.76. The lowest BCUT2D eigenvalue weighted by molar-refractivity contribution is -0.138. The first kappa shape index (κ1) is 33.6. The summed E-state index contributed by atoms with van der Waals surface area (Å²) in [5.41, 5.74) is 12.2. The number of nitrogens with two attached hydrogens (primary N) is 2. The number of nitrogens with zero attached hydrogens (tertiary/aromatic N) is 2. The first-order chi connectivity index (χ1) is 19.5. The lowest BCUT2D eigenvalue weighted by atomic mass is 9.96. The summed E-state index contributed by atoms with van der Waals surface area (Å²) in [4.78, 5) is 42.3. The Morgan fingerprint density at radius 1 is 1.05 bits per heavy atom. The maximum Gasteiger partial charge on any atom is 0.328 e. The van der Waals surface area contributed by atoms with Gasteiger partial charge in [0.1, 0.15) is 11.7 Å². The molecule has 1 aliphatic carbocycles. The van der Waals surface area contributed by atoms with Crippen LogP contribution in [0.3, 0.4) is 0 Å². The molecule has 14 heteroatoms. The van der Waals surface area contributed by atoms with Gasteiger partial charge in [0, 0.05) is 18.8 Å². The highest BCUT2D eigenvalue weighted by Gasteiger charge is 2.21. The predicted octanol–water partition coefficient (Wildman–Crippen LogP) is 1.61. The van der Waals surface area contributed by atoms with Crippen molar-refractivity contribution < 1.29 is 27.9 Å². The lowest BCUT2D eigenvalue weighted by Gasteiger charge is -2.22. The van der Waals surface area contributed by atoms with Crippen LogP contribution in [-0.2, 0) is 21.2 Å². The van der Waals surface area contributed by atoms with Gasteiger partial charge in [-0.2, -0.15) is 0 Å². The molecule has 1 saturated carbocycles. The van der Waals surface area contributed by atoms with Crippen LogP contribution in [0.1, 0.15) is 73.1 Å². The number of hydrogen-bond donors (Lipinski definition) is 6.